The van der Waals surface area contributed by atoms with Crippen molar-refractivity contribution in [2.75, 3.05) is 25.1 Å². The highest BCUT2D eigenvalue weighted by Crippen LogP contribution is 2.49. The number of halogens is 2. The van der Waals surface area contributed by atoms with Crippen LogP contribution in [0, 0.1) is 11.8 Å². The number of nitrogens with one attached hydrogen (secondary N) is 2. The second kappa shape index (κ2) is 11.0. The zero-order valence-corrected chi connectivity index (χ0v) is 19.1. The van der Waals surface area contributed by atoms with E-state index in [9.17, 15) is 18.4 Å². The lowest BCUT2D eigenvalue weighted by Crippen LogP contribution is -2.43. The lowest BCUT2D eigenvalue weighted by molar-refractivity contribution is -0.126. The molecule has 2 aromatic rings. The van der Waals surface area contributed by atoms with Crippen LogP contribution in [0.5, 0.6) is 0 Å². The second-order valence-electron chi connectivity index (χ2n) is 8.99. The Morgan fingerprint density at radius 1 is 1.26 bits per heavy atom. The molecular formula is C25H30F2N4O3. The van der Waals surface area contributed by atoms with E-state index in [1.165, 1.54) is 5.56 Å². The monoisotopic (exact) mass is 472 g/mol. The van der Waals surface area contributed by atoms with Crippen molar-refractivity contribution in [3.63, 3.8) is 0 Å². The third-order valence-electron chi connectivity index (χ3n) is 6.48. The molecule has 182 valence electrons. The number of carbonyl (C=O) groups is 2. The van der Waals surface area contributed by atoms with E-state index in [0.717, 1.165) is 62.4 Å². The van der Waals surface area contributed by atoms with Gasteiger partial charge in [0.05, 0.1) is 17.7 Å². The predicted octanol–water partition coefficient (Wildman–Crippen LogP) is 3.26. The van der Waals surface area contributed by atoms with Crippen molar-refractivity contribution in [3.05, 3.63) is 53.0 Å². The number of carbonyl (C=O) groups excluding carboxylic acids is 2. The molecule has 34 heavy (non-hydrogen) atoms. The lowest BCUT2D eigenvalue weighted by Gasteiger charge is -2.19. The molecule has 9 heteroatoms. The van der Waals surface area contributed by atoms with E-state index in [1.807, 2.05) is 0 Å². The number of unbranched alkanes of at least 4 members (excludes halogenated alkanes) is 1. The smallest absolute Gasteiger partial charge is 0.231 e. The first-order chi connectivity index (χ1) is 16.5. The Morgan fingerprint density at radius 2 is 2.12 bits per heavy atom. The molecule has 0 bridgehead atoms. The second-order valence-corrected chi connectivity index (χ2v) is 8.99. The van der Waals surface area contributed by atoms with Gasteiger partial charge in [-0.25, -0.2) is 14.4 Å². The minimum absolute atomic E-state index is 0.0601. The van der Waals surface area contributed by atoms with Crippen LogP contribution in [0.15, 0.2) is 24.4 Å². The Labute approximate surface area is 197 Å². The lowest BCUT2D eigenvalue weighted by atomic mass is 9.95. The van der Waals surface area contributed by atoms with Crippen molar-refractivity contribution in [2.24, 2.45) is 0 Å². The van der Waals surface area contributed by atoms with Gasteiger partial charge in [0.25, 0.3) is 0 Å². The van der Waals surface area contributed by atoms with E-state index in [0.29, 0.717) is 38.8 Å². The standard InChI is InChI=1S/C25H30F2N4O3/c26-18-14-21(22(27)29-15-18)25(9-10-25)24(33)31-20(16-32)8-13-34-12-2-1-5-19-7-6-17-4-3-11-28-23(17)30-19/h6-7,14-16,20H,1-5,8-13H2,(H,28,30)(H,31,33). The van der Waals surface area contributed by atoms with Crippen molar-refractivity contribution in [3.8, 4) is 0 Å². The average molecular weight is 473 g/mol. The number of hydrogen-bond donors (Lipinski definition) is 2. The number of aryl methyl sites for hydroxylation is 2. The third kappa shape index (κ3) is 5.75. The summed E-state index contributed by atoms with van der Waals surface area (Å²) >= 11 is 0. The Kier molecular flexibility index (Phi) is 7.82. The van der Waals surface area contributed by atoms with Crippen LogP contribution in [0.3, 0.4) is 0 Å². The molecule has 0 aromatic carbocycles. The van der Waals surface area contributed by atoms with Crippen LogP contribution < -0.4 is 10.6 Å². The SMILES string of the molecule is O=CC(CCOCCCCc1ccc2c(n1)NCCC2)NC(=O)C1(c2cc(F)cnc2F)CC1. The van der Waals surface area contributed by atoms with Crippen LogP contribution in [0.4, 0.5) is 14.6 Å². The summed E-state index contributed by atoms with van der Waals surface area (Å²) in [6.45, 7) is 1.83. The van der Waals surface area contributed by atoms with Gasteiger partial charge in [-0.05, 0) is 69.1 Å². The number of anilines is 1. The van der Waals surface area contributed by atoms with Crippen molar-refractivity contribution in [1.82, 2.24) is 15.3 Å². The zero-order chi connectivity index (χ0) is 24.0. The molecular weight excluding hydrogens is 442 g/mol. The number of fused-ring (bicyclic) bond motifs is 1. The van der Waals surface area contributed by atoms with Gasteiger partial charge < -0.3 is 20.2 Å². The summed E-state index contributed by atoms with van der Waals surface area (Å²) in [5.74, 6) is -1.04. The van der Waals surface area contributed by atoms with Gasteiger partial charge in [0.2, 0.25) is 11.9 Å². The third-order valence-corrected chi connectivity index (χ3v) is 6.48. The Hall–Kier alpha value is -2.94. The summed E-state index contributed by atoms with van der Waals surface area (Å²) in [6.07, 6.45) is 7.40. The van der Waals surface area contributed by atoms with Crippen LogP contribution >= 0.6 is 0 Å². The molecule has 1 unspecified atom stereocenters. The Bertz CT molecular complexity index is 1030. The van der Waals surface area contributed by atoms with Gasteiger partial charge in [-0.2, -0.15) is 4.39 Å². The fourth-order valence-corrected chi connectivity index (χ4v) is 4.31. The zero-order valence-electron chi connectivity index (χ0n) is 19.1. The Morgan fingerprint density at radius 3 is 2.91 bits per heavy atom. The van der Waals surface area contributed by atoms with Crippen molar-refractivity contribution >= 4 is 18.0 Å². The summed E-state index contributed by atoms with van der Waals surface area (Å²) in [7, 11) is 0. The molecule has 1 aliphatic heterocycles. The van der Waals surface area contributed by atoms with E-state index in [-0.39, 0.29) is 5.56 Å². The molecule has 7 nitrogen and oxygen atoms in total. The van der Waals surface area contributed by atoms with Gasteiger partial charge in [-0.3, -0.25) is 4.79 Å². The first kappa shape index (κ1) is 24.2. The van der Waals surface area contributed by atoms with Crippen molar-refractivity contribution in [1.29, 1.82) is 0 Å². The maximum Gasteiger partial charge on any atom is 0.231 e. The van der Waals surface area contributed by atoms with Gasteiger partial charge in [-0.15, -0.1) is 0 Å². The molecule has 1 atom stereocenters. The molecule has 0 spiro atoms. The molecule has 2 N–H and O–H groups in total. The Balaban J connectivity index is 1.15. The van der Waals surface area contributed by atoms with Gasteiger partial charge in [0, 0.05) is 31.0 Å². The molecule has 4 rings (SSSR count). The molecule has 0 saturated heterocycles. The maximum atomic E-state index is 14.1. The molecule has 1 amide bonds. The summed E-state index contributed by atoms with van der Waals surface area (Å²) in [6, 6.07) is 4.49. The number of ether oxygens (including phenoxy) is 1. The number of amides is 1. The molecule has 3 heterocycles. The molecule has 0 radical (unpaired) electrons. The largest absolute Gasteiger partial charge is 0.381 e. The number of nitrogens with zero attached hydrogens (tertiary/aromatic N) is 2. The quantitative estimate of drug-likeness (QED) is 0.280. The topological polar surface area (TPSA) is 93.2 Å². The summed E-state index contributed by atoms with van der Waals surface area (Å²) in [4.78, 5) is 32.2. The highest BCUT2D eigenvalue weighted by molar-refractivity contribution is 5.92. The van der Waals surface area contributed by atoms with Crippen LogP contribution in [-0.4, -0.2) is 48.0 Å². The van der Waals surface area contributed by atoms with Gasteiger partial charge in [0.1, 0.15) is 17.9 Å². The first-order valence-electron chi connectivity index (χ1n) is 11.9. The van der Waals surface area contributed by atoms with Crippen LogP contribution in [0.1, 0.15) is 55.3 Å². The van der Waals surface area contributed by atoms with Crippen molar-refractivity contribution in [2.45, 2.75) is 62.8 Å². The van der Waals surface area contributed by atoms with E-state index in [1.54, 1.807) is 0 Å². The van der Waals surface area contributed by atoms with Gasteiger partial charge in [-0.1, -0.05) is 6.07 Å². The molecule has 1 aliphatic carbocycles. The normalized spacial score (nSPS) is 16.8. The summed E-state index contributed by atoms with van der Waals surface area (Å²) in [5.41, 5.74) is 1.13. The molecule has 2 aromatic heterocycles. The maximum absolute atomic E-state index is 14.1. The van der Waals surface area contributed by atoms with Gasteiger partial charge in [0.15, 0.2) is 0 Å². The van der Waals surface area contributed by atoms with Crippen molar-refractivity contribution < 1.29 is 23.1 Å². The highest BCUT2D eigenvalue weighted by atomic mass is 19.1. The fraction of sp³-hybridized carbons (Fsp3) is 0.520. The highest BCUT2D eigenvalue weighted by Gasteiger charge is 2.53. The minimum Gasteiger partial charge on any atom is -0.381 e. The van der Waals surface area contributed by atoms with Gasteiger partial charge >= 0.3 is 0 Å². The number of aldehydes is 1. The van der Waals surface area contributed by atoms with Crippen LogP contribution in [0.2, 0.25) is 0 Å². The summed E-state index contributed by atoms with van der Waals surface area (Å²) in [5, 5.41) is 5.99. The van der Waals surface area contributed by atoms with E-state index in [4.69, 9.17) is 4.74 Å². The van der Waals surface area contributed by atoms with E-state index >= 15 is 0 Å². The van der Waals surface area contributed by atoms with E-state index < -0.39 is 29.1 Å². The fourth-order valence-electron chi connectivity index (χ4n) is 4.31. The molecule has 1 saturated carbocycles. The first-order valence-corrected chi connectivity index (χ1v) is 11.9. The minimum atomic E-state index is -1.15. The molecule has 1 fully saturated rings. The number of pyridine rings is 2. The molecule has 2 aliphatic rings. The van der Waals surface area contributed by atoms with E-state index in [2.05, 4.69) is 32.7 Å². The number of aromatic nitrogens is 2. The number of rotatable bonds is 12. The van der Waals surface area contributed by atoms with Crippen LogP contribution in [0.25, 0.3) is 0 Å². The average Bonchev–Trinajstić information content (AvgIpc) is 3.66. The summed E-state index contributed by atoms with van der Waals surface area (Å²) < 4.78 is 33.2. The number of hydrogen-bond acceptors (Lipinski definition) is 6. The van der Waals surface area contributed by atoms with Crippen LogP contribution in [-0.2, 0) is 32.6 Å². The predicted molar refractivity (Wildman–Crippen MR) is 122 cm³/mol.